The van der Waals surface area contributed by atoms with Crippen molar-refractivity contribution in [2.24, 2.45) is 0 Å². The predicted molar refractivity (Wildman–Crippen MR) is 42.1 cm³/mol. The second-order valence-electron chi connectivity index (χ2n) is 2.59. The number of phenols is 1. The molecule has 0 aliphatic carbocycles. The quantitative estimate of drug-likeness (QED) is 0.597. The van der Waals surface area contributed by atoms with Crippen molar-refractivity contribution < 1.29 is 14.3 Å². The van der Waals surface area contributed by atoms with E-state index in [-0.39, 0.29) is 12.3 Å². The maximum absolute atomic E-state index is 13.0. The van der Waals surface area contributed by atoms with Gasteiger partial charge in [-0.2, -0.15) is 0 Å². The van der Waals surface area contributed by atoms with E-state index in [2.05, 4.69) is 0 Å². The van der Waals surface area contributed by atoms with Gasteiger partial charge in [-0.25, -0.2) is 5.12 Å². The number of benzene rings is 1. The summed E-state index contributed by atoms with van der Waals surface area (Å²) < 4.78 is 18.2. The Balaban J connectivity index is 2.47. The Morgan fingerprint density at radius 1 is 1.50 bits per heavy atom. The number of halogens is 1. The minimum atomic E-state index is 0.0434. The predicted octanol–water partition coefficient (Wildman–Crippen LogP) is 1.48. The third kappa shape index (κ3) is 1.05. The molecule has 0 amide bonds. The molecule has 4 heteroatoms. The van der Waals surface area contributed by atoms with E-state index in [1.54, 1.807) is 6.07 Å². The highest BCUT2D eigenvalue weighted by atomic mass is 19.2. The molecule has 2 rings (SSSR count). The molecule has 0 saturated heterocycles. The van der Waals surface area contributed by atoms with Crippen molar-refractivity contribution in [2.45, 2.75) is 0 Å². The summed E-state index contributed by atoms with van der Waals surface area (Å²) in [7, 11) is 0. The third-order valence-corrected chi connectivity index (χ3v) is 1.75. The van der Waals surface area contributed by atoms with E-state index < -0.39 is 0 Å². The third-order valence-electron chi connectivity index (χ3n) is 1.75. The van der Waals surface area contributed by atoms with Crippen molar-refractivity contribution in [1.29, 1.82) is 0 Å². The fourth-order valence-corrected chi connectivity index (χ4v) is 1.17. The molecule has 0 unspecified atom stereocenters. The number of phenolic OH excluding ortho intramolecular Hbond substituents is 1. The van der Waals surface area contributed by atoms with Crippen LogP contribution in [0.3, 0.4) is 0 Å². The highest BCUT2D eigenvalue weighted by Crippen LogP contribution is 2.34. The van der Waals surface area contributed by atoms with Crippen molar-refractivity contribution in [3.05, 3.63) is 18.2 Å². The zero-order valence-corrected chi connectivity index (χ0v) is 6.33. The Labute approximate surface area is 68.9 Å². The molecule has 1 aliphatic rings. The van der Waals surface area contributed by atoms with E-state index in [4.69, 9.17) is 9.84 Å². The molecule has 0 bridgehead atoms. The van der Waals surface area contributed by atoms with Crippen LogP contribution in [0.15, 0.2) is 18.2 Å². The molecule has 0 aromatic heterocycles. The molecular weight excluding hydrogens is 161 g/mol. The number of hydrogen-bond acceptors (Lipinski definition) is 3. The number of nitrogens with zero attached hydrogens (tertiary/aromatic N) is 1. The summed E-state index contributed by atoms with van der Waals surface area (Å²) in [6, 6.07) is 4.36. The largest absolute Gasteiger partial charge is 0.508 e. The van der Waals surface area contributed by atoms with Gasteiger partial charge in [-0.05, 0) is 12.1 Å². The monoisotopic (exact) mass is 169 g/mol. The summed E-state index contributed by atoms with van der Waals surface area (Å²) in [6.07, 6.45) is 0. The van der Waals surface area contributed by atoms with Gasteiger partial charge in [-0.1, -0.05) is 4.48 Å². The summed E-state index contributed by atoms with van der Waals surface area (Å²) >= 11 is 0. The molecule has 0 fully saturated rings. The zero-order chi connectivity index (χ0) is 8.55. The Morgan fingerprint density at radius 2 is 2.33 bits per heavy atom. The van der Waals surface area contributed by atoms with Gasteiger partial charge < -0.3 is 9.84 Å². The van der Waals surface area contributed by atoms with Gasteiger partial charge in [0.05, 0.1) is 6.54 Å². The first-order chi connectivity index (χ1) is 5.77. The van der Waals surface area contributed by atoms with Crippen LogP contribution in [0.5, 0.6) is 11.5 Å². The van der Waals surface area contributed by atoms with E-state index in [0.29, 0.717) is 23.2 Å². The van der Waals surface area contributed by atoms with Crippen LogP contribution < -0.4 is 9.86 Å². The van der Waals surface area contributed by atoms with Gasteiger partial charge in [0, 0.05) is 6.07 Å². The van der Waals surface area contributed by atoms with Crippen molar-refractivity contribution >= 4 is 5.69 Å². The zero-order valence-electron chi connectivity index (χ0n) is 6.33. The van der Waals surface area contributed by atoms with Crippen LogP contribution in [0.25, 0.3) is 0 Å². The van der Waals surface area contributed by atoms with E-state index in [9.17, 15) is 4.48 Å². The van der Waals surface area contributed by atoms with Crippen LogP contribution in [0.4, 0.5) is 10.2 Å². The maximum Gasteiger partial charge on any atom is 0.145 e. The lowest BCUT2D eigenvalue weighted by atomic mass is 10.2. The van der Waals surface area contributed by atoms with Gasteiger partial charge in [0.25, 0.3) is 0 Å². The van der Waals surface area contributed by atoms with Crippen molar-refractivity contribution in [3.63, 3.8) is 0 Å². The van der Waals surface area contributed by atoms with Crippen LogP contribution in [0, 0.1) is 0 Å². The highest BCUT2D eigenvalue weighted by molar-refractivity contribution is 5.60. The van der Waals surface area contributed by atoms with Crippen LogP contribution in [-0.2, 0) is 0 Å². The van der Waals surface area contributed by atoms with Gasteiger partial charge >= 0.3 is 0 Å². The number of hydrogen-bond donors (Lipinski definition) is 1. The molecule has 1 aliphatic heterocycles. The second kappa shape index (κ2) is 2.55. The molecule has 0 saturated carbocycles. The SMILES string of the molecule is Oc1ccc2c(c1)N(F)CCO2. The van der Waals surface area contributed by atoms with Crippen LogP contribution in [0.1, 0.15) is 0 Å². The van der Waals surface area contributed by atoms with Crippen LogP contribution in [0.2, 0.25) is 0 Å². The lowest BCUT2D eigenvalue weighted by Crippen LogP contribution is -2.25. The van der Waals surface area contributed by atoms with Crippen molar-refractivity contribution in [3.8, 4) is 11.5 Å². The van der Waals surface area contributed by atoms with Crippen molar-refractivity contribution in [1.82, 2.24) is 0 Å². The van der Waals surface area contributed by atoms with Gasteiger partial charge in [0.1, 0.15) is 23.8 Å². The smallest absolute Gasteiger partial charge is 0.145 e. The maximum atomic E-state index is 13.0. The highest BCUT2D eigenvalue weighted by Gasteiger charge is 2.17. The minimum Gasteiger partial charge on any atom is -0.508 e. The van der Waals surface area contributed by atoms with Gasteiger partial charge in [-0.15, -0.1) is 0 Å². The summed E-state index contributed by atoms with van der Waals surface area (Å²) in [6.45, 7) is 0.546. The van der Waals surface area contributed by atoms with Crippen molar-refractivity contribution in [2.75, 3.05) is 18.3 Å². The molecule has 3 nitrogen and oxygen atoms in total. The molecule has 0 atom stereocenters. The number of anilines is 1. The molecule has 1 aromatic carbocycles. The molecule has 0 spiro atoms. The average molecular weight is 169 g/mol. The summed E-state index contributed by atoms with van der Waals surface area (Å²) in [5, 5.41) is 9.63. The molecule has 1 heterocycles. The molecule has 1 N–H and O–H groups in total. The molecular formula is C8H8FNO2. The lowest BCUT2D eigenvalue weighted by Gasteiger charge is -2.23. The topological polar surface area (TPSA) is 32.7 Å². The van der Waals surface area contributed by atoms with Gasteiger partial charge in [0.2, 0.25) is 0 Å². The molecule has 0 radical (unpaired) electrons. The fraction of sp³-hybridized carbons (Fsp3) is 0.250. The second-order valence-corrected chi connectivity index (χ2v) is 2.59. The van der Waals surface area contributed by atoms with Crippen LogP contribution >= 0.6 is 0 Å². The minimum absolute atomic E-state index is 0.0434. The van der Waals surface area contributed by atoms with E-state index in [1.807, 2.05) is 0 Å². The number of ether oxygens (including phenoxy) is 1. The normalized spacial score (nSPS) is 15.2. The summed E-state index contributed by atoms with van der Waals surface area (Å²) in [5.74, 6) is 0.517. The first-order valence-electron chi connectivity index (χ1n) is 3.66. The Hall–Kier alpha value is -1.45. The number of fused-ring (bicyclic) bond motifs is 1. The van der Waals surface area contributed by atoms with E-state index in [1.165, 1.54) is 12.1 Å². The first-order valence-corrected chi connectivity index (χ1v) is 3.66. The number of aromatic hydroxyl groups is 1. The van der Waals surface area contributed by atoms with E-state index >= 15 is 0 Å². The number of rotatable bonds is 0. The average Bonchev–Trinajstić information content (AvgIpc) is 2.07. The van der Waals surface area contributed by atoms with Gasteiger partial charge in [0.15, 0.2) is 0 Å². The Morgan fingerprint density at radius 3 is 3.17 bits per heavy atom. The first kappa shape index (κ1) is 7.21. The summed E-state index contributed by atoms with van der Waals surface area (Å²) in [4.78, 5) is 0. The Kier molecular flexibility index (Phi) is 1.53. The molecule has 12 heavy (non-hydrogen) atoms. The molecule has 1 aromatic rings. The molecule has 64 valence electrons. The van der Waals surface area contributed by atoms with Crippen LogP contribution in [-0.4, -0.2) is 18.3 Å². The lowest BCUT2D eigenvalue weighted by molar-refractivity contribution is 0.266. The van der Waals surface area contributed by atoms with Gasteiger partial charge in [-0.3, -0.25) is 0 Å². The summed E-state index contributed by atoms with van der Waals surface area (Å²) in [5.41, 5.74) is 0.293. The fourth-order valence-electron chi connectivity index (χ4n) is 1.17. The van der Waals surface area contributed by atoms with E-state index in [0.717, 1.165) is 0 Å². The standard InChI is InChI=1S/C8H8FNO2/c9-10-3-4-12-8-2-1-6(11)5-7(8)10/h1-2,5,11H,3-4H2. The Bertz CT molecular complexity index is 303.